The number of carbonyl (C=O) groups excluding carboxylic acids is 2. The highest BCUT2D eigenvalue weighted by Gasteiger charge is 2.25. The topological polar surface area (TPSA) is 114 Å². The Bertz CT molecular complexity index is 1790. The molecule has 0 saturated heterocycles. The smallest absolute Gasteiger partial charge is 0.348 e. The summed E-state index contributed by atoms with van der Waals surface area (Å²) >= 11 is 2.61. The Morgan fingerprint density at radius 2 is 1.62 bits per heavy atom. The fraction of sp³-hybridized carbons (Fsp3) is 0.138. The van der Waals surface area contributed by atoms with Crippen molar-refractivity contribution in [3.63, 3.8) is 0 Å². The lowest BCUT2D eigenvalue weighted by Crippen LogP contribution is -2.14. The third-order valence-corrected chi connectivity index (χ3v) is 9.71. The van der Waals surface area contributed by atoms with Crippen molar-refractivity contribution in [1.82, 2.24) is 4.98 Å². The fourth-order valence-electron chi connectivity index (χ4n) is 4.03. The Hall–Kier alpha value is -4.06. The first-order valence-electron chi connectivity index (χ1n) is 12.3. The van der Waals surface area contributed by atoms with E-state index in [1.807, 2.05) is 38.1 Å². The monoisotopic (exact) mass is 591 g/mol. The minimum atomic E-state index is -3.77. The van der Waals surface area contributed by atoms with Crippen LogP contribution in [-0.4, -0.2) is 31.9 Å². The van der Waals surface area contributed by atoms with Crippen molar-refractivity contribution in [1.29, 1.82) is 0 Å². The number of anilines is 2. The van der Waals surface area contributed by atoms with Gasteiger partial charge in [0.2, 0.25) is 0 Å². The van der Waals surface area contributed by atoms with Gasteiger partial charge in [0.15, 0.2) is 0 Å². The Balaban J connectivity index is 1.42. The number of hydrogen-bond donors (Lipinski definition) is 2. The lowest BCUT2D eigenvalue weighted by atomic mass is 10.1. The van der Waals surface area contributed by atoms with Crippen LogP contribution in [0.3, 0.4) is 0 Å². The number of esters is 1. The lowest BCUT2D eigenvalue weighted by Gasteiger charge is -2.10. The Morgan fingerprint density at radius 3 is 2.30 bits per heavy atom. The van der Waals surface area contributed by atoms with Gasteiger partial charge in [-0.15, -0.1) is 22.7 Å². The molecule has 8 nitrogen and oxygen atoms in total. The first-order chi connectivity index (χ1) is 19.2. The molecule has 11 heteroatoms. The number of sulfonamides is 1. The van der Waals surface area contributed by atoms with E-state index < -0.39 is 21.9 Å². The maximum Gasteiger partial charge on any atom is 0.348 e. The van der Waals surface area contributed by atoms with Gasteiger partial charge in [0.1, 0.15) is 14.9 Å². The molecule has 5 rings (SSSR count). The molecule has 5 aromatic rings. The number of aryl methyl sites for hydroxylation is 1. The standard InChI is InChI=1S/C29H25N3O5S3/c1-4-37-29(34)25-18(3)24(27-30-22-7-5-6-8-23(22)38-27)28(39-25)31-26(33)19-11-13-20(14-12-19)32-40(35,36)21-15-9-17(2)10-16-21/h5-16,32H,4H2,1-3H3,(H,31,33). The van der Waals surface area contributed by atoms with Crippen molar-refractivity contribution < 1.29 is 22.7 Å². The van der Waals surface area contributed by atoms with E-state index in [1.165, 1.54) is 47.7 Å². The second-order valence-electron chi connectivity index (χ2n) is 8.92. The SMILES string of the molecule is CCOC(=O)c1sc(NC(=O)c2ccc(NS(=O)(=O)c3ccc(C)cc3)cc2)c(-c2nc3ccccc3s2)c1C. The van der Waals surface area contributed by atoms with Gasteiger partial charge in [-0.3, -0.25) is 9.52 Å². The van der Waals surface area contributed by atoms with Gasteiger partial charge in [0, 0.05) is 16.8 Å². The molecule has 2 heterocycles. The third-order valence-electron chi connectivity index (χ3n) is 6.07. The number of benzene rings is 3. The van der Waals surface area contributed by atoms with Crippen molar-refractivity contribution in [3.8, 4) is 10.6 Å². The van der Waals surface area contributed by atoms with E-state index >= 15 is 0 Å². The van der Waals surface area contributed by atoms with E-state index in [-0.39, 0.29) is 11.5 Å². The van der Waals surface area contributed by atoms with E-state index in [4.69, 9.17) is 9.72 Å². The number of amides is 1. The number of para-hydroxylation sites is 1. The molecule has 0 atom stereocenters. The maximum atomic E-state index is 13.3. The van der Waals surface area contributed by atoms with Crippen molar-refractivity contribution in [3.05, 3.63) is 94.4 Å². The van der Waals surface area contributed by atoms with Crippen LogP contribution in [0.5, 0.6) is 0 Å². The molecule has 0 unspecified atom stereocenters. The number of ether oxygens (including phenoxy) is 1. The van der Waals surface area contributed by atoms with Crippen LogP contribution in [-0.2, 0) is 14.8 Å². The summed E-state index contributed by atoms with van der Waals surface area (Å²) in [5, 5.41) is 4.09. The number of rotatable bonds is 8. The molecule has 0 spiro atoms. The second kappa shape index (κ2) is 11.2. The minimum Gasteiger partial charge on any atom is -0.462 e. The van der Waals surface area contributed by atoms with Crippen molar-refractivity contribution >= 4 is 65.5 Å². The molecule has 204 valence electrons. The Labute approximate surface area is 239 Å². The van der Waals surface area contributed by atoms with Gasteiger partial charge in [0.05, 0.1) is 21.7 Å². The number of aromatic nitrogens is 1. The summed E-state index contributed by atoms with van der Waals surface area (Å²) in [4.78, 5) is 31.2. The normalized spacial score (nSPS) is 11.4. The van der Waals surface area contributed by atoms with E-state index in [0.717, 1.165) is 27.1 Å². The number of nitrogens with one attached hydrogen (secondary N) is 2. The molecular formula is C29H25N3O5S3. The number of carbonyl (C=O) groups is 2. The molecule has 2 N–H and O–H groups in total. The van der Waals surface area contributed by atoms with Crippen LogP contribution < -0.4 is 10.0 Å². The zero-order valence-corrected chi connectivity index (χ0v) is 24.3. The summed E-state index contributed by atoms with van der Waals surface area (Å²) in [5.74, 6) is -0.870. The Kier molecular flexibility index (Phi) is 7.70. The number of thiophene rings is 1. The van der Waals surface area contributed by atoms with E-state index in [2.05, 4.69) is 10.0 Å². The van der Waals surface area contributed by atoms with Gasteiger partial charge < -0.3 is 10.1 Å². The van der Waals surface area contributed by atoms with Gasteiger partial charge in [-0.1, -0.05) is 29.8 Å². The summed E-state index contributed by atoms with van der Waals surface area (Å²) < 4.78 is 34.2. The number of fused-ring (bicyclic) bond motifs is 1. The summed E-state index contributed by atoms with van der Waals surface area (Å²) in [5.41, 5.74) is 3.77. The Morgan fingerprint density at radius 1 is 0.925 bits per heavy atom. The highest BCUT2D eigenvalue weighted by molar-refractivity contribution is 7.92. The molecule has 0 aliphatic rings. The van der Waals surface area contributed by atoms with Crippen molar-refractivity contribution in [2.75, 3.05) is 16.6 Å². The minimum absolute atomic E-state index is 0.146. The van der Waals surface area contributed by atoms with Gasteiger partial charge in [-0.05, 0) is 74.9 Å². The van der Waals surface area contributed by atoms with Crippen molar-refractivity contribution in [2.45, 2.75) is 25.7 Å². The van der Waals surface area contributed by atoms with E-state index in [0.29, 0.717) is 37.3 Å². The number of hydrogen-bond acceptors (Lipinski definition) is 8. The molecule has 2 aromatic heterocycles. The fourth-order valence-corrected chi connectivity index (χ4v) is 7.32. The van der Waals surface area contributed by atoms with E-state index in [9.17, 15) is 18.0 Å². The third kappa shape index (κ3) is 5.62. The average Bonchev–Trinajstić information content (AvgIpc) is 3.49. The second-order valence-corrected chi connectivity index (χ2v) is 12.7. The first kappa shape index (κ1) is 27.5. The van der Waals surface area contributed by atoms with Crippen LogP contribution in [0.25, 0.3) is 20.8 Å². The van der Waals surface area contributed by atoms with E-state index in [1.54, 1.807) is 19.1 Å². The highest BCUT2D eigenvalue weighted by Crippen LogP contribution is 2.43. The van der Waals surface area contributed by atoms with Crippen LogP contribution in [0, 0.1) is 13.8 Å². The van der Waals surface area contributed by atoms with Crippen LogP contribution in [0.2, 0.25) is 0 Å². The summed E-state index contributed by atoms with van der Waals surface area (Å²) in [6.07, 6.45) is 0. The van der Waals surface area contributed by atoms with Crippen molar-refractivity contribution in [2.24, 2.45) is 0 Å². The molecule has 40 heavy (non-hydrogen) atoms. The molecule has 0 fully saturated rings. The van der Waals surface area contributed by atoms with Crippen LogP contribution in [0.4, 0.5) is 10.7 Å². The molecule has 0 radical (unpaired) electrons. The largest absolute Gasteiger partial charge is 0.462 e. The van der Waals surface area contributed by atoms with Crippen LogP contribution in [0.15, 0.2) is 77.7 Å². The van der Waals surface area contributed by atoms with Gasteiger partial charge >= 0.3 is 5.97 Å². The molecule has 3 aromatic carbocycles. The number of thiazole rings is 1. The maximum absolute atomic E-state index is 13.3. The lowest BCUT2D eigenvalue weighted by molar-refractivity contribution is 0.0531. The zero-order chi connectivity index (χ0) is 28.4. The highest BCUT2D eigenvalue weighted by atomic mass is 32.2. The first-order valence-corrected chi connectivity index (χ1v) is 15.4. The predicted molar refractivity (Wildman–Crippen MR) is 160 cm³/mol. The molecule has 0 aliphatic heterocycles. The summed E-state index contributed by atoms with van der Waals surface area (Å²) in [7, 11) is -3.77. The molecule has 0 aliphatic carbocycles. The molecule has 0 saturated carbocycles. The summed E-state index contributed by atoms with van der Waals surface area (Å²) in [6, 6.07) is 20.4. The zero-order valence-electron chi connectivity index (χ0n) is 21.8. The quantitative estimate of drug-likeness (QED) is 0.190. The average molecular weight is 592 g/mol. The van der Waals surface area contributed by atoms with Gasteiger partial charge in [0.25, 0.3) is 15.9 Å². The predicted octanol–water partition coefficient (Wildman–Crippen LogP) is 6.87. The molecular weight excluding hydrogens is 567 g/mol. The van der Waals surface area contributed by atoms with Crippen LogP contribution >= 0.6 is 22.7 Å². The van der Waals surface area contributed by atoms with Crippen LogP contribution in [0.1, 0.15) is 38.1 Å². The molecule has 0 bridgehead atoms. The summed E-state index contributed by atoms with van der Waals surface area (Å²) in [6.45, 7) is 5.66. The van der Waals surface area contributed by atoms with Gasteiger partial charge in [-0.25, -0.2) is 18.2 Å². The number of nitrogens with zero attached hydrogens (tertiary/aromatic N) is 1. The van der Waals surface area contributed by atoms with Gasteiger partial charge in [-0.2, -0.15) is 0 Å². The molecule has 1 amide bonds.